The van der Waals surface area contributed by atoms with E-state index in [0.717, 1.165) is 17.7 Å². The molecule has 0 spiro atoms. The molecule has 0 radical (unpaired) electrons. The molecule has 0 saturated heterocycles. The van der Waals surface area contributed by atoms with Crippen LogP contribution < -0.4 is 5.32 Å². The number of carboxylic acids is 1. The molecule has 1 unspecified atom stereocenters. The minimum Gasteiger partial charge on any atom is -0.481 e. The normalized spacial score (nSPS) is 12.8. The van der Waals surface area contributed by atoms with Crippen LogP contribution >= 0.6 is 0 Å². The molecule has 2 rings (SSSR count). The lowest BCUT2D eigenvalue weighted by molar-refractivity contribution is -0.138. The Hall–Kier alpha value is -2.41. The third-order valence-electron chi connectivity index (χ3n) is 3.99. The fourth-order valence-electron chi connectivity index (χ4n) is 2.69. The van der Waals surface area contributed by atoms with Crippen molar-refractivity contribution in [2.45, 2.75) is 38.0 Å². The molecular formula is C19H19F4NO2. The summed E-state index contributed by atoms with van der Waals surface area (Å²) in [6.45, 7) is -0.133. The molecule has 0 aromatic heterocycles. The molecule has 0 aliphatic carbocycles. The fraction of sp³-hybridized carbons (Fsp3) is 0.316. The number of benzene rings is 2. The second-order valence-electron chi connectivity index (χ2n) is 6.00. The zero-order valence-electron chi connectivity index (χ0n) is 13.9. The number of hydrogen-bond donors (Lipinski definition) is 2. The highest BCUT2D eigenvalue weighted by atomic mass is 19.4. The van der Waals surface area contributed by atoms with Gasteiger partial charge in [0.15, 0.2) is 0 Å². The first-order valence-corrected chi connectivity index (χ1v) is 8.10. The third kappa shape index (κ3) is 6.15. The second kappa shape index (κ2) is 8.80. The molecule has 0 aliphatic heterocycles. The number of hydrogen-bond acceptors (Lipinski definition) is 2. The lowest BCUT2D eigenvalue weighted by Gasteiger charge is -2.20. The molecule has 0 heterocycles. The van der Waals surface area contributed by atoms with E-state index in [1.165, 1.54) is 0 Å². The average Bonchev–Trinajstić information content (AvgIpc) is 2.58. The molecule has 26 heavy (non-hydrogen) atoms. The summed E-state index contributed by atoms with van der Waals surface area (Å²) in [6.07, 6.45) is -4.00. The number of nitrogens with one attached hydrogen (secondary N) is 1. The van der Waals surface area contributed by atoms with Gasteiger partial charge in [-0.1, -0.05) is 36.4 Å². The molecule has 0 saturated carbocycles. The van der Waals surface area contributed by atoms with Crippen LogP contribution in [-0.2, 0) is 23.9 Å². The Morgan fingerprint density at radius 3 is 2.42 bits per heavy atom. The van der Waals surface area contributed by atoms with Crippen molar-refractivity contribution in [3.63, 3.8) is 0 Å². The smallest absolute Gasteiger partial charge is 0.416 e. The van der Waals surface area contributed by atoms with Gasteiger partial charge in [0, 0.05) is 19.0 Å². The van der Waals surface area contributed by atoms with Crippen LogP contribution in [0.2, 0.25) is 0 Å². The molecule has 2 aromatic rings. The van der Waals surface area contributed by atoms with Crippen molar-refractivity contribution in [3.05, 3.63) is 71.0 Å². The van der Waals surface area contributed by atoms with Crippen molar-refractivity contribution in [1.82, 2.24) is 5.32 Å². The Kier molecular flexibility index (Phi) is 6.74. The number of rotatable bonds is 8. The second-order valence-corrected chi connectivity index (χ2v) is 6.00. The number of carbonyl (C=O) groups is 1. The number of alkyl halides is 3. The van der Waals surface area contributed by atoms with Crippen LogP contribution in [0.1, 0.15) is 29.5 Å². The van der Waals surface area contributed by atoms with Crippen LogP contribution in [0.4, 0.5) is 17.6 Å². The maximum Gasteiger partial charge on any atom is 0.416 e. The van der Waals surface area contributed by atoms with E-state index in [1.807, 2.05) is 30.3 Å². The van der Waals surface area contributed by atoms with Crippen LogP contribution in [0.5, 0.6) is 0 Å². The van der Waals surface area contributed by atoms with Crippen LogP contribution in [0.3, 0.4) is 0 Å². The van der Waals surface area contributed by atoms with Gasteiger partial charge in [0.25, 0.3) is 0 Å². The minimum absolute atomic E-state index is 0.0766. The Balaban J connectivity index is 2.12. The molecule has 140 valence electrons. The standard InChI is InChI=1S/C19H19F4NO2/c20-15-7-6-14(17(11-15)19(21,22)23)12-24-16(8-9-18(25)26)10-13-4-2-1-3-5-13/h1-7,11,16,24H,8-10,12H2,(H,25,26). The van der Waals surface area contributed by atoms with Gasteiger partial charge in [-0.25, -0.2) is 4.39 Å². The lowest BCUT2D eigenvalue weighted by Crippen LogP contribution is -2.32. The van der Waals surface area contributed by atoms with Gasteiger partial charge in [-0.2, -0.15) is 13.2 Å². The highest BCUT2D eigenvalue weighted by Crippen LogP contribution is 2.32. The minimum atomic E-state index is -4.66. The molecule has 7 heteroatoms. The summed E-state index contributed by atoms with van der Waals surface area (Å²) in [4.78, 5) is 10.8. The predicted molar refractivity (Wildman–Crippen MR) is 89.0 cm³/mol. The topological polar surface area (TPSA) is 49.3 Å². The van der Waals surface area contributed by atoms with Gasteiger partial charge >= 0.3 is 12.1 Å². The van der Waals surface area contributed by atoms with Gasteiger partial charge in [-0.15, -0.1) is 0 Å². The first-order chi connectivity index (χ1) is 12.3. The van der Waals surface area contributed by atoms with Gasteiger partial charge in [0.1, 0.15) is 5.82 Å². The van der Waals surface area contributed by atoms with Crippen molar-refractivity contribution < 1.29 is 27.5 Å². The number of halogens is 4. The lowest BCUT2D eigenvalue weighted by atomic mass is 10.0. The van der Waals surface area contributed by atoms with Crippen molar-refractivity contribution >= 4 is 5.97 Å². The van der Waals surface area contributed by atoms with Crippen LogP contribution in [0, 0.1) is 5.82 Å². The molecule has 2 N–H and O–H groups in total. The summed E-state index contributed by atoms with van der Waals surface area (Å²) in [5.41, 5.74) is -0.153. The maximum absolute atomic E-state index is 13.2. The van der Waals surface area contributed by atoms with Crippen LogP contribution in [0.15, 0.2) is 48.5 Å². The molecule has 3 nitrogen and oxygen atoms in total. The summed E-state index contributed by atoms with van der Waals surface area (Å²) in [5, 5.41) is 11.9. The van der Waals surface area contributed by atoms with E-state index in [0.29, 0.717) is 12.5 Å². The highest BCUT2D eigenvalue weighted by molar-refractivity contribution is 5.66. The quantitative estimate of drug-likeness (QED) is 0.678. The van der Waals surface area contributed by atoms with E-state index < -0.39 is 23.5 Å². The summed E-state index contributed by atoms with van der Waals surface area (Å²) in [5.74, 6) is -1.92. The van der Waals surface area contributed by atoms with Gasteiger partial charge in [0.05, 0.1) is 5.56 Å². The summed E-state index contributed by atoms with van der Waals surface area (Å²) >= 11 is 0. The average molecular weight is 369 g/mol. The molecule has 0 aliphatic rings. The third-order valence-corrected chi connectivity index (χ3v) is 3.99. The van der Waals surface area contributed by atoms with Crippen LogP contribution in [-0.4, -0.2) is 17.1 Å². The monoisotopic (exact) mass is 369 g/mol. The van der Waals surface area contributed by atoms with Gasteiger partial charge in [-0.3, -0.25) is 4.79 Å². The highest BCUT2D eigenvalue weighted by Gasteiger charge is 2.33. The Morgan fingerprint density at radius 2 is 1.81 bits per heavy atom. The van der Waals surface area contributed by atoms with Crippen molar-refractivity contribution in [3.8, 4) is 0 Å². The summed E-state index contributed by atoms with van der Waals surface area (Å²) in [7, 11) is 0. The fourth-order valence-corrected chi connectivity index (χ4v) is 2.69. The predicted octanol–water partition coefficient (Wildman–Crippen LogP) is 4.41. The zero-order chi connectivity index (χ0) is 19.2. The van der Waals surface area contributed by atoms with Gasteiger partial charge in [0.2, 0.25) is 0 Å². The number of carboxylic acid groups (broad SMARTS) is 1. The first kappa shape index (κ1) is 19.9. The number of aliphatic carboxylic acids is 1. The maximum atomic E-state index is 13.2. The van der Waals surface area contributed by atoms with E-state index in [1.54, 1.807) is 0 Å². The summed E-state index contributed by atoms with van der Waals surface area (Å²) < 4.78 is 52.4. The van der Waals surface area contributed by atoms with E-state index in [9.17, 15) is 22.4 Å². The van der Waals surface area contributed by atoms with E-state index in [-0.39, 0.29) is 31.0 Å². The van der Waals surface area contributed by atoms with Gasteiger partial charge < -0.3 is 10.4 Å². The van der Waals surface area contributed by atoms with Crippen molar-refractivity contribution in [2.75, 3.05) is 0 Å². The zero-order valence-corrected chi connectivity index (χ0v) is 13.9. The molecule has 2 aromatic carbocycles. The van der Waals surface area contributed by atoms with E-state index in [2.05, 4.69) is 5.32 Å². The first-order valence-electron chi connectivity index (χ1n) is 8.10. The SMILES string of the molecule is O=C(O)CCC(Cc1ccccc1)NCc1ccc(F)cc1C(F)(F)F. The molecular weight excluding hydrogens is 350 g/mol. The molecule has 0 amide bonds. The summed E-state index contributed by atoms with van der Waals surface area (Å²) in [6, 6.07) is 11.5. The Bertz CT molecular complexity index is 732. The molecule has 0 fully saturated rings. The van der Waals surface area contributed by atoms with Crippen molar-refractivity contribution in [2.24, 2.45) is 0 Å². The Morgan fingerprint density at radius 1 is 1.12 bits per heavy atom. The van der Waals surface area contributed by atoms with Crippen LogP contribution in [0.25, 0.3) is 0 Å². The largest absolute Gasteiger partial charge is 0.481 e. The van der Waals surface area contributed by atoms with E-state index >= 15 is 0 Å². The van der Waals surface area contributed by atoms with E-state index in [4.69, 9.17) is 5.11 Å². The van der Waals surface area contributed by atoms with Gasteiger partial charge in [-0.05, 0) is 36.1 Å². The molecule has 1 atom stereocenters. The Labute approximate surface area is 148 Å². The molecule has 0 bridgehead atoms. The van der Waals surface area contributed by atoms with Crippen molar-refractivity contribution in [1.29, 1.82) is 0 Å².